The van der Waals surface area contributed by atoms with Gasteiger partial charge in [0.2, 0.25) is 5.88 Å². The van der Waals surface area contributed by atoms with Crippen LogP contribution in [0.1, 0.15) is 24.8 Å². The number of nitrogens with zero attached hydrogens (tertiary/aromatic N) is 2. The van der Waals surface area contributed by atoms with E-state index in [4.69, 9.17) is 11.9 Å². The summed E-state index contributed by atoms with van der Waals surface area (Å²) in [6, 6.07) is 3.81. The average Bonchev–Trinajstić information content (AvgIpc) is 2.31. The van der Waals surface area contributed by atoms with Crippen LogP contribution < -0.4 is 4.29 Å². The lowest BCUT2D eigenvalue weighted by Crippen LogP contribution is -2.29. The molecule has 1 aromatic rings. The van der Waals surface area contributed by atoms with Crippen molar-refractivity contribution >= 4 is 11.9 Å². The Morgan fingerprint density at radius 1 is 1.27 bits per heavy atom. The third-order valence-electron chi connectivity index (χ3n) is 2.73. The molecule has 1 saturated heterocycles. The van der Waals surface area contributed by atoms with Crippen LogP contribution in [-0.4, -0.2) is 23.0 Å². The van der Waals surface area contributed by atoms with Gasteiger partial charge in [0.05, 0.1) is 0 Å². The number of likely N-dealkylation sites (tertiary alicyclic amines) is 1. The molecule has 0 aliphatic carbocycles. The fourth-order valence-corrected chi connectivity index (χ4v) is 2.02. The first-order chi connectivity index (χ1) is 7.38. The summed E-state index contributed by atoms with van der Waals surface area (Å²) in [4.78, 5) is 6.54. The van der Waals surface area contributed by atoms with Crippen LogP contribution in [0.5, 0.6) is 5.88 Å². The van der Waals surface area contributed by atoms with Crippen LogP contribution in [0.25, 0.3) is 0 Å². The summed E-state index contributed by atoms with van der Waals surface area (Å²) >= 11 is 5.20. The Balaban J connectivity index is 1.91. The van der Waals surface area contributed by atoms with Gasteiger partial charge >= 0.3 is 0 Å². The van der Waals surface area contributed by atoms with Gasteiger partial charge in [-0.2, -0.15) is 0 Å². The number of aromatic nitrogens is 1. The van der Waals surface area contributed by atoms with E-state index in [2.05, 4.69) is 14.2 Å². The molecule has 4 heteroatoms. The van der Waals surface area contributed by atoms with Crippen molar-refractivity contribution in [2.45, 2.75) is 25.8 Å². The van der Waals surface area contributed by atoms with Gasteiger partial charge in [0.1, 0.15) is 11.9 Å². The maximum atomic E-state index is 5.20. The highest BCUT2D eigenvalue weighted by molar-refractivity contribution is 6.08. The molecule has 0 spiro atoms. The number of rotatable bonds is 3. The molecule has 0 atom stereocenters. The van der Waals surface area contributed by atoms with E-state index in [1.54, 1.807) is 6.07 Å². The summed E-state index contributed by atoms with van der Waals surface area (Å²) in [5, 5.41) is 0. The molecule has 1 aliphatic heterocycles. The van der Waals surface area contributed by atoms with Gasteiger partial charge in [0.25, 0.3) is 0 Å². The maximum absolute atomic E-state index is 5.20. The second-order valence-corrected chi connectivity index (χ2v) is 4.07. The minimum atomic E-state index is 0.457. The fourth-order valence-electron chi connectivity index (χ4n) is 1.93. The molecule has 0 N–H and O–H groups in total. The van der Waals surface area contributed by atoms with Gasteiger partial charge in [-0.05, 0) is 31.5 Å². The summed E-state index contributed by atoms with van der Waals surface area (Å²) in [5.74, 6) is 0.457. The van der Waals surface area contributed by atoms with Crippen LogP contribution in [0.2, 0.25) is 0 Å². The van der Waals surface area contributed by atoms with Crippen LogP contribution in [-0.2, 0) is 6.54 Å². The maximum Gasteiger partial charge on any atom is 0.236 e. The van der Waals surface area contributed by atoms with Gasteiger partial charge in [-0.25, -0.2) is 4.98 Å². The van der Waals surface area contributed by atoms with E-state index in [0.29, 0.717) is 5.88 Å². The molecular formula is C11H15ClN2O. The van der Waals surface area contributed by atoms with Crippen molar-refractivity contribution in [1.82, 2.24) is 9.88 Å². The van der Waals surface area contributed by atoms with Crippen molar-refractivity contribution in [3.05, 3.63) is 23.9 Å². The summed E-state index contributed by atoms with van der Waals surface area (Å²) in [5.41, 5.74) is 1.22. The van der Waals surface area contributed by atoms with E-state index in [1.165, 1.54) is 37.9 Å². The van der Waals surface area contributed by atoms with Crippen LogP contribution in [0.4, 0.5) is 0 Å². The van der Waals surface area contributed by atoms with Gasteiger partial charge in [-0.3, -0.25) is 4.90 Å². The molecule has 1 aromatic heterocycles. The first-order valence-corrected chi connectivity index (χ1v) is 5.65. The van der Waals surface area contributed by atoms with E-state index in [0.717, 1.165) is 6.54 Å². The SMILES string of the molecule is ClOc1ccc(CN2CCCCC2)cn1. The standard InChI is InChI=1S/C11H15ClN2O/c12-15-11-5-4-10(8-13-11)9-14-6-2-1-3-7-14/h4-5,8H,1-3,6-7,9H2. The van der Waals surface area contributed by atoms with Gasteiger partial charge in [-0.15, -0.1) is 0 Å². The monoisotopic (exact) mass is 226 g/mol. The summed E-state index contributed by atoms with van der Waals surface area (Å²) in [6.07, 6.45) is 5.83. The molecule has 2 rings (SSSR count). The van der Waals surface area contributed by atoms with Crippen molar-refractivity contribution in [1.29, 1.82) is 0 Å². The first-order valence-electron chi connectivity index (χ1n) is 5.34. The smallest absolute Gasteiger partial charge is 0.236 e. The second kappa shape index (κ2) is 5.33. The number of hydrogen-bond donors (Lipinski definition) is 0. The molecule has 0 aromatic carbocycles. The predicted octanol–water partition coefficient (Wildman–Crippen LogP) is 2.60. The van der Waals surface area contributed by atoms with Crippen molar-refractivity contribution in [2.24, 2.45) is 0 Å². The lowest BCUT2D eigenvalue weighted by atomic mass is 10.1. The Morgan fingerprint density at radius 3 is 2.67 bits per heavy atom. The Kier molecular flexibility index (Phi) is 3.80. The fraction of sp³-hybridized carbons (Fsp3) is 0.545. The van der Waals surface area contributed by atoms with Crippen LogP contribution >= 0.6 is 11.9 Å². The van der Waals surface area contributed by atoms with Crippen molar-refractivity contribution < 1.29 is 4.29 Å². The second-order valence-electron chi connectivity index (χ2n) is 3.92. The van der Waals surface area contributed by atoms with Crippen molar-refractivity contribution in [3.63, 3.8) is 0 Å². The largest absolute Gasteiger partial charge is 0.365 e. The number of piperidine rings is 1. The van der Waals surface area contributed by atoms with E-state index in [9.17, 15) is 0 Å². The molecule has 3 nitrogen and oxygen atoms in total. The number of halogens is 1. The summed E-state index contributed by atoms with van der Waals surface area (Å²) in [6.45, 7) is 3.39. The van der Waals surface area contributed by atoms with E-state index < -0.39 is 0 Å². The van der Waals surface area contributed by atoms with Crippen molar-refractivity contribution in [2.75, 3.05) is 13.1 Å². The molecule has 0 unspecified atom stereocenters. The average molecular weight is 227 g/mol. The minimum absolute atomic E-state index is 0.457. The molecule has 1 fully saturated rings. The third kappa shape index (κ3) is 3.08. The molecular weight excluding hydrogens is 212 g/mol. The Bertz CT molecular complexity index is 296. The van der Waals surface area contributed by atoms with Crippen LogP contribution in [0.3, 0.4) is 0 Å². The zero-order chi connectivity index (χ0) is 10.5. The summed E-state index contributed by atoms with van der Waals surface area (Å²) < 4.78 is 4.51. The highest BCUT2D eigenvalue weighted by atomic mass is 35.5. The normalized spacial score (nSPS) is 17.7. The van der Waals surface area contributed by atoms with Crippen molar-refractivity contribution in [3.8, 4) is 5.88 Å². The summed E-state index contributed by atoms with van der Waals surface area (Å²) in [7, 11) is 0. The Hall–Kier alpha value is -0.800. The van der Waals surface area contributed by atoms with Crippen LogP contribution in [0.15, 0.2) is 18.3 Å². The zero-order valence-electron chi connectivity index (χ0n) is 8.66. The molecule has 1 aliphatic rings. The topological polar surface area (TPSA) is 25.4 Å². The quantitative estimate of drug-likeness (QED) is 0.792. The predicted molar refractivity (Wildman–Crippen MR) is 59.8 cm³/mol. The molecule has 0 bridgehead atoms. The van der Waals surface area contributed by atoms with Gasteiger partial charge < -0.3 is 4.29 Å². The van der Waals surface area contributed by atoms with E-state index in [-0.39, 0.29) is 0 Å². The van der Waals surface area contributed by atoms with Gasteiger partial charge in [0, 0.05) is 18.8 Å². The minimum Gasteiger partial charge on any atom is -0.365 e. The molecule has 2 heterocycles. The lowest BCUT2D eigenvalue weighted by Gasteiger charge is -2.26. The molecule has 0 amide bonds. The van der Waals surface area contributed by atoms with Gasteiger partial charge in [0.15, 0.2) is 0 Å². The molecule has 15 heavy (non-hydrogen) atoms. The molecule has 0 saturated carbocycles. The van der Waals surface area contributed by atoms with Gasteiger partial charge in [-0.1, -0.05) is 12.5 Å². The highest BCUT2D eigenvalue weighted by Gasteiger charge is 2.10. The molecule has 82 valence electrons. The number of pyridine rings is 1. The third-order valence-corrected chi connectivity index (χ3v) is 2.89. The molecule has 0 radical (unpaired) electrons. The zero-order valence-corrected chi connectivity index (χ0v) is 9.41. The Labute approximate surface area is 95.2 Å². The van der Waals surface area contributed by atoms with E-state index in [1.807, 2.05) is 12.3 Å². The number of hydrogen-bond acceptors (Lipinski definition) is 3. The van der Waals surface area contributed by atoms with Crippen LogP contribution in [0, 0.1) is 0 Å². The van der Waals surface area contributed by atoms with E-state index >= 15 is 0 Å². The highest BCUT2D eigenvalue weighted by Crippen LogP contribution is 2.14. The first kappa shape index (κ1) is 10.7. The Morgan fingerprint density at radius 2 is 2.07 bits per heavy atom. The lowest BCUT2D eigenvalue weighted by molar-refractivity contribution is 0.220.